The van der Waals surface area contributed by atoms with Crippen LogP contribution in [0.1, 0.15) is 11.1 Å². The largest absolute Gasteiger partial charge is 0.504 e. The van der Waals surface area contributed by atoms with Crippen molar-refractivity contribution in [3.8, 4) is 11.5 Å². The summed E-state index contributed by atoms with van der Waals surface area (Å²) in [4.78, 5) is 24.2. The third-order valence-electron chi connectivity index (χ3n) is 3.31. The van der Waals surface area contributed by atoms with E-state index in [1.165, 1.54) is 18.2 Å². The maximum atomic E-state index is 12.1. The van der Waals surface area contributed by atoms with Gasteiger partial charge in [-0.1, -0.05) is 29.8 Å². The maximum absolute atomic E-state index is 12.1. The van der Waals surface area contributed by atoms with Crippen LogP contribution in [-0.2, 0) is 9.59 Å². The molecular formula is C16H10ClNO4. The van der Waals surface area contributed by atoms with Crippen LogP contribution in [0.2, 0.25) is 5.02 Å². The third-order valence-corrected chi connectivity index (χ3v) is 3.54. The molecule has 0 spiro atoms. The lowest BCUT2D eigenvalue weighted by Crippen LogP contribution is -2.22. The van der Waals surface area contributed by atoms with Gasteiger partial charge >= 0.3 is 0 Å². The van der Waals surface area contributed by atoms with Crippen LogP contribution >= 0.6 is 11.6 Å². The highest BCUT2D eigenvalue weighted by molar-refractivity contribution is 6.49. The minimum Gasteiger partial charge on any atom is -0.504 e. The molecule has 0 saturated heterocycles. The molecule has 2 aromatic rings. The number of phenols is 2. The number of benzene rings is 2. The highest BCUT2D eigenvalue weighted by Crippen LogP contribution is 2.35. The fourth-order valence-electron chi connectivity index (χ4n) is 2.33. The van der Waals surface area contributed by atoms with Crippen LogP contribution in [0.25, 0.3) is 11.1 Å². The number of halogens is 1. The summed E-state index contributed by atoms with van der Waals surface area (Å²) in [5.41, 5.74) is 1.13. The van der Waals surface area contributed by atoms with Crippen molar-refractivity contribution < 1.29 is 19.8 Å². The molecule has 0 fully saturated rings. The quantitative estimate of drug-likeness (QED) is 0.586. The molecule has 3 rings (SSSR count). The number of carbonyl (C=O) groups excluding carboxylic acids is 2. The number of imide groups is 1. The summed E-state index contributed by atoms with van der Waals surface area (Å²) in [5, 5.41) is 21.6. The van der Waals surface area contributed by atoms with Crippen LogP contribution in [0, 0.1) is 0 Å². The number of hydrogen-bond acceptors (Lipinski definition) is 4. The Hall–Kier alpha value is -2.79. The van der Waals surface area contributed by atoms with E-state index in [9.17, 15) is 19.8 Å². The van der Waals surface area contributed by atoms with E-state index in [-0.39, 0.29) is 22.6 Å². The summed E-state index contributed by atoms with van der Waals surface area (Å²) in [6.07, 6.45) is 0. The third kappa shape index (κ3) is 2.31. The zero-order valence-corrected chi connectivity index (χ0v) is 11.9. The molecule has 6 heteroatoms. The predicted octanol–water partition coefficient (Wildman–Crippen LogP) is 2.32. The Kier molecular flexibility index (Phi) is 3.35. The lowest BCUT2D eigenvalue weighted by molar-refractivity contribution is -0.122. The van der Waals surface area contributed by atoms with Crippen molar-refractivity contribution in [1.29, 1.82) is 0 Å². The van der Waals surface area contributed by atoms with E-state index in [0.29, 0.717) is 16.1 Å². The Morgan fingerprint density at radius 1 is 0.818 bits per heavy atom. The molecule has 0 aliphatic carbocycles. The van der Waals surface area contributed by atoms with Crippen molar-refractivity contribution in [1.82, 2.24) is 5.32 Å². The number of amides is 2. The average molecular weight is 316 g/mol. The number of carbonyl (C=O) groups is 2. The molecule has 0 radical (unpaired) electrons. The monoisotopic (exact) mass is 315 g/mol. The van der Waals surface area contributed by atoms with Gasteiger partial charge in [0.2, 0.25) is 0 Å². The Balaban J connectivity index is 2.25. The first-order valence-electron chi connectivity index (χ1n) is 6.35. The summed E-state index contributed by atoms with van der Waals surface area (Å²) in [6.45, 7) is 0. The number of rotatable bonds is 2. The topological polar surface area (TPSA) is 86.6 Å². The van der Waals surface area contributed by atoms with Gasteiger partial charge < -0.3 is 10.2 Å². The summed E-state index contributed by atoms with van der Waals surface area (Å²) in [5.74, 6) is -1.78. The van der Waals surface area contributed by atoms with Gasteiger partial charge in [-0.25, -0.2) is 0 Å². The minimum absolute atomic E-state index is 0.127. The first-order chi connectivity index (χ1) is 10.5. The molecule has 0 atom stereocenters. The number of nitrogens with one attached hydrogen (secondary N) is 1. The van der Waals surface area contributed by atoms with Gasteiger partial charge in [0.1, 0.15) is 0 Å². The van der Waals surface area contributed by atoms with Gasteiger partial charge in [-0.3, -0.25) is 14.9 Å². The molecule has 22 heavy (non-hydrogen) atoms. The molecule has 1 aliphatic heterocycles. The first kappa shape index (κ1) is 14.2. The van der Waals surface area contributed by atoms with E-state index < -0.39 is 11.8 Å². The summed E-state index contributed by atoms with van der Waals surface area (Å²) in [7, 11) is 0. The molecule has 1 aliphatic rings. The molecule has 3 N–H and O–H groups in total. The SMILES string of the molecule is O=C1NC(=O)C(c2ccc(O)c(O)c2)=C1c1cccc(Cl)c1. The smallest absolute Gasteiger partial charge is 0.259 e. The van der Waals surface area contributed by atoms with Crippen molar-refractivity contribution in [2.75, 3.05) is 0 Å². The zero-order chi connectivity index (χ0) is 15.9. The number of hydrogen-bond donors (Lipinski definition) is 3. The first-order valence-corrected chi connectivity index (χ1v) is 6.73. The minimum atomic E-state index is -0.565. The Labute approximate surface area is 130 Å². The van der Waals surface area contributed by atoms with Crippen LogP contribution in [0.4, 0.5) is 0 Å². The van der Waals surface area contributed by atoms with E-state index >= 15 is 0 Å². The normalized spacial score (nSPS) is 14.4. The molecule has 0 saturated carbocycles. The van der Waals surface area contributed by atoms with Crippen molar-refractivity contribution in [3.63, 3.8) is 0 Å². The van der Waals surface area contributed by atoms with Crippen LogP contribution in [0.3, 0.4) is 0 Å². The van der Waals surface area contributed by atoms with Gasteiger partial charge in [0.05, 0.1) is 11.1 Å². The van der Waals surface area contributed by atoms with Crippen molar-refractivity contribution >= 4 is 34.6 Å². The number of phenolic OH excluding ortho intramolecular Hbond substituents is 2. The van der Waals surface area contributed by atoms with Crippen LogP contribution in [0.15, 0.2) is 42.5 Å². The van der Waals surface area contributed by atoms with Gasteiger partial charge in [-0.2, -0.15) is 0 Å². The van der Waals surface area contributed by atoms with E-state index in [1.54, 1.807) is 24.3 Å². The van der Waals surface area contributed by atoms with Crippen LogP contribution < -0.4 is 5.32 Å². The maximum Gasteiger partial charge on any atom is 0.259 e. The van der Waals surface area contributed by atoms with Gasteiger partial charge in [0, 0.05) is 5.02 Å². The van der Waals surface area contributed by atoms with Gasteiger partial charge in [0.25, 0.3) is 11.8 Å². The molecule has 2 aromatic carbocycles. The fraction of sp³-hybridized carbons (Fsp3) is 0. The number of aromatic hydroxyl groups is 2. The molecular weight excluding hydrogens is 306 g/mol. The Bertz CT molecular complexity index is 842. The van der Waals surface area contributed by atoms with E-state index in [0.717, 1.165) is 0 Å². The fourth-order valence-corrected chi connectivity index (χ4v) is 2.52. The van der Waals surface area contributed by atoms with Crippen LogP contribution in [0.5, 0.6) is 11.5 Å². The zero-order valence-electron chi connectivity index (χ0n) is 11.1. The predicted molar refractivity (Wildman–Crippen MR) is 81.2 cm³/mol. The molecule has 2 amide bonds. The highest BCUT2D eigenvalue weighted by atomic mass is 35.5. The molecule has 110 valence electrons. The van der Waals surface area contributed by atoms with E-state index in [2.05, 4.69) is 5.32 Å². The van der Waals surface area contributed by atoms with Gasteiger partial charge in [0.15, 0.2) is 11.5 Å². The lowest BCUT2D eigenvalue weighted by Gasteiger charge is -2.06. The summed E-state index contributed by atoms with van der Waals surface area (Å²) < 4.78 is 0. The van der Waals surface area contributed by atoms with Gasteiger partial charge in [-0.15, -0.1) is 0 Å². The Morgan fingerprint density at radius 2 is 1.45 bits per heavy atom. The van der Waals surface area contributed by atoms with E-state index in [4.69, 9.17) is 11.6 Å². The van der Waals surface area contributed by atoms with Crippen LogP contribution in [-0.4, -0.2) is 22.0 Å². The lowest BCUT2D eigenvalue weighted by atomic mass is 9.96. The molecule has 0 bridgehead atoms. The van der Waals surface area contributed by atoms with Crippen molar-refractivity contribution in [3.05, 3.63) is 58.6 Å². The second-order valence-electron chi connectivity index (χ2n) is 4.75. The average Bonchev–Trinajstić information content (AvgIpc) is 2.76. The molecule has 1 heterocycles. The Morgan fingerprint density at radius 3 is 2.05 bits per heavy atom. The standard InChI is InChI=1S/C16H10ClNO4/c17-10-3-1-2-8(6-10)13-14(16(22)18-15(13)21)9-4-5-11(19)12(20)7-9/h1-7,19-20H,(H,18,21,22). The van der Waals surface area contributed by atoms with E-state index in [1.807, 2.05) is 0 Å². The second-order valence-corrected chi connectivity index (χ2v) is 5.18. The molecule has 0 unspecified atom stereocenters. The molecule has 5 nitrogen and oxygen atoms in total. The van der Waals surface area contributed by atoms with Crippen molar-refractivity contribution in [2.45, 2.75) is 0 Å². The van der Waals surface area contributed by atoms with Crippen molar-refractivity contribution in [2.24, 2.45) is 0 Å². The molecule has 0 aromatic heterocycles. The highest BCUT2D eigenvalue weighted by Gasteiger charge is 2.32. The summed E-state index contributed by atoms with van der Waals surface area (Å²) >= 11 is 5.93. The second kappa shape index (κ2) is 5.20. The summed E-state index contributed by atoms with van der Waals surface area (Å²) in [6, 6.07) is 10.5. The van der Waals surface area contributed by atoms with Gasteiger partial charge in [-0.05, 0) is 35.4 Å².